The molecule has 2 rings (SSSR count). The fraction of sp³-hybridized carbons (Fsp3) is 0.538. The highest BCUT2D eigenvalue weighted by molar-refractivity contribution is 5.26. The lowest BCUT2D eigenvalue weighted by molar-refractivity contribution is 0.207. The van der Waals surface area contributed by atoms with Gasteiger partial charge in [0.2, 0.25) is 0 Å². The summed E-state index contributed by atoms with van der Waals surface area (Å²) in [5.74, 6) is 0.430. The van der Waals surface area contributed by atoms with Crippen LogP contribution in [0.4, 0.5) is 0 Å². The molecule has 0 bridgehead atoms. The third kappa shape index (κ3) is 1.79. The molecule has 1 saturated carbocycles. The van der Waals surface area contributed by atoms with E-state index in [9.17, 15) is 0 Å². The van der Waals surface area contributed by atoms with Crippen molar-refractivity contribution in [3.63, 3.8) is 0 Å². The molecule has 0 radical (unpaired) electrons. The Bertz CT molecular complexity index is 395. The molecular formula is C13H17N3. The first kappa shape index (κ1) is 11.0. The Kier molecular flexibility index (Phi) is 3.16. The van der Waals surface area contributed by atoms with E-state index in [-0.39, 0.29) is 5.54 Å². The summed E-state index contributed by atoms with van der Waals surface area (Å²) in [5.41, 5.74) is 9.68. The van der Waals surface area contributed by atoms with Crippen molar-refractivity contribution in [3.05, 3.63) is 46.3 Å². The second kappa shape index (κ2) is 4.58. The van der Waals surface area contributed by atoms with Gasteiger partial charge in [0.15, 0.2) is 0 Å². The zero-order chi connectivity index (χ0) is 11.4. The van der Waals surface area contributed by atoms with E-state index >= 15 is 0 Å². The van der Waals surface area contributed by atoms with Crippen molar-refractivity contribution in [1.82, 2.24) is 0 Å². The maximum absolute atomic E-state index is 8.82. The average Bonchev–Trinajstić information content (AvgIpc) is 2.34. The summed E-state index contributed by atoms with van der Waals surface area (Å²) in [6.07, 6.45) is 4.52. The van der Waals surface area contributed by atoms with Crippen LogP contribution in [0.3, 0.4) is 0 Å². The Balaban J connectivity index is 2.46. The zero-order valence-corrected chi connectivity index (χ0v) is 9.63. The van der Waals surface area contributed by atoms with E-state index in [1.807, 2.05) is 18.2 Å². The Hall–Kier alpha value is -1.47. The molecule has 2 unspecified atom stereocenters. The summed E-state index contributed by atoms with van der Waals surface area (Å²) < 4.78 is 0. The number of benzene rings is 1. The number of hydrogen-bond acceptors (Lipinski definition) is 1. The normalized spacial score (nSPS) is 29.4. The molecule has 2 atom stereocenters. The molecule has 0 aliphatic heterocycles. The largest absolute Gasteiger partial charge is 0.0823 e. The summed E-state index contributed by atoms with van der Waals surface area (Å²) in [5, 5.41) is 4.15. The average molecular weight is 215 g/mol. The quantitative estimate of drug-likeness (QED) is 0.399. The lowest BCUT2D eigenvalue weighted by atomic mass is 9.70. The van der Waals surface area contributed by atoms with Crippen molar-refractivity contribution >= 4 is 0 Å². The van der Waals surface area contributed by atoms with Gasteiger partial charge in [-0.05, 0) is 29.9 Å². The van der Waals surface area contributed by atoms with Crippen LogP contribution in [0.1, 0.15) is 38.2 Å². The van der Waals surface area contributed by atoms with Gasteiger partial charge in [-0.2, -0.15) is 0 Å². The van der Waals surface area contributed by atoms with E-state index in [2.05, 4.69) is 29.1 Å². The maximum Gasteiger partial charge on any atom is 0.0763 e. The summed E-state index contributed by atoms with van der Waals surface area (Å²) in [6.45, 7) is 2.20. The lowest BCUT2D eigenvalue weighted by Crippen LogP contribution is -2.34. The molecule has 1 aliphatic carbocycles. The summed E-state index contributed by atoms with van der Waals surface area (Å²) in [6, 6.07) is 10.2. The fourth-order valence-electron chi connectivity index (χ4n) is 2.77. The van der Waals surface area contributed by atoms with Gasteiger partial charge < -0.3 is 0 Å². The molecule has 1 aromatic carbocycles. The molecule has 0 saturated heterocycles. The number of hydrogen-bond donors (Lipinski definition) is 0. The third-order valence-electron chi connectivity index (χ3n) is 3.76. The highest BCUT2D eigenvalue weighted by Gasteiger charge is 2.38. The first-order chi connectivity index (χ1) is 7.79. The van der Waals surface area contributed by atoms with E-state index in [0.717, 1.165) is 19.3 Å². The van der Waals surface area contributed by atoms with Crippen molar-refractivity contribution in [2.24, 2.45) is 11.0 Å². The van der Waals surface area contributed by atoms with Gasteiger partial charge in [-0.25, -0.2) is 0 Å². The molecule has 0 aromatic heterocycles. The maximum atomic E-state index is 8.82. The van der Waals surface area contributed by atoms with Gasteiger partial charge in [0, 0.05) is 4.91 Å². The molecule has 0 spiro atoms. The second-order valence-electron chi connectivity index (χ2n) is 4.63. The van der Waals surface area contributed by atoms with Crippen LogP contribution in [0.2, 0.25) is 0 Å². The second-order valence-corrected chi connectivity index (χ2v) is 4.63. The molecule has 0 amide bonds. The van der Waals surface area contributed by atoms with Crippen LogP contribution in [0.5, 0.6) is 0 Å². The molecule has 1 aromatic rings. The van der Waals surface area contributed by atoms with Crippen LogP contribution >= 0.6 is 0 Å². The molecule has 3 nitrogen and oxygen atoms in total. The molecule has 0 heterocycles. The smallest absolute Gasteiger partial charge is 0.0763 e. The molecule has 1 aliphatic rings. The van der Waals surface area contributed by atoms with Crippen molar-refractivity contribution in [2.75, 3.05) is 0 Å². The predicted molar refractivity (Wildman–Crippen MR) is 64.9 cm³/mol. The van der Waals surface area contributed by atoms with Crippen LogP contribution in [0.25, 0.3) is 10.4 Å². The SMILES string of the molecule is CC1CCCCC1(N=[N+]=[N-])c1ccccc1. The highest BCUT2D eigenvalue weighted by atomic mass is 15.2. The zero-order valence-electron chi connectivity index (χ0n) is 9.63. The van der Waals surface area contributed by atoms with Crippen molar-refractivity contribution in [1.29, 1.82) is 0 Å². The van der Waals surface area contributed by atoms with Crippen LogP contribution in [0.15, 0.2) is 35.4 Å². The third-order valence-corrected chi connectivity index (χ3v) is 3.76. The standard InChI is InChI=1S/C13H17N3/c1-11-7-5-6-10-13(11,15-16-14)12-8-3-2-4-9-12/h2-4,8-9,11H,5-7,10H2,1H3. The summed E-state index contributed by atoms with van der Waals surface area (Å²) in [4.78, 5) is 3.08. The monoisotopic (exact) mass is 215 g/mol. The van der Waals surface area contributed by atoms with Crippen molar-refractivity contribution < 1.29 is 0 Å². The van der Waals surface area contributed by atoms with E-state index in [1.54, 1.807) is 0 Å². The van der Waals surface area contributed by atoms with Crippen LogP contribution in [-0.4, -0.2) is 0 Å². The van der Waals surface area contributed by atoms with Crippen LogP contribution < -0.4 is 0 Å². The predicted octanol–water partition coefficient (Wildman–Crippen LogP) is 4.40. The van der Waals surface area contributed by atoms with E-state index in [0.29, 0.717) is 5.92 Å². The minimum absolute atomic E-state index is 0.311. The number of nitrogens with zero attached hydrogens (tertiary/aromatic N) is 3. The number of azide groups is 1. The summed E-state index contributed by atoms with van der Waals surface area (Å²) >= 11 is 0. The van der Waals surface area contributed by atoms with Crippen molar-refractivity contribution in [3.8, 4) is 0 Å². The van der Waals surface area contributed by atoms with Crippen LogP contribution in [-0.2, 0) is 5.54 Å². The molecule has 84 valence electrons. The van der Waals surface area contributed by atoms with Crippen molar-refractivity contribution in [2.45, 2.75) is 38.1 Å². The van der Waals surface area contributed by atoms with Gasteiger partial charge in [-0.15, -0.1) is 0 Å². The van der Waals surface area contributed by atoms with Gasteiger partial charge in [-0.3, -0.25) is 0 Å². The lowest BCUT2D eigenvalue weighted by Gasteiger charge is -2.39. The highest BCUT2D eigenvalue weighted by Crippen LogP contribution is 2.44. The number of rotatable bonds is 2. The van der Waals surface area contributed by atoms with Gasteiger partial charge >= 0.3 is 0 Å². The van der Waals surface area contributed by atoms with Gasteiger partial charge in [0.05, 0.1) is 5.54 Å². The first-order valence-electron chi connectivity index (χ1n) is 5.91. The minimum atomic E-state index is -0.311. The fourth-order valence-corrected chi connectivity index (χ4v) is 2.77. The Labute approximate surface area is 96.1 Å². The van der Waals surface area contributed by atoms with Crippen LogP contribution in [0, 0.1) is 5.92 Å². The topological polar surface area (TPSA) is 48.8 Å². The van der Waals surface area contributed by atoms with Gasteiger partial charge in [0.1, 0.15) is 0 Å². The molecular weight excluding hydrogens is 198 g/mol. The van der Waals surface area contributed by atoms with E-state index in [4.69, 9.17) is 5.53 Å². The first-order valence-corrected chi connectivity index (χ1v) is 5.91. The van der Waals surface area contributed by atoms with Gasteiger partial charge in [0.25, 0.3) is 0 Å². The van der Waals surface area contributed by atoms with E-state index < -0.39 is 0 Å². The Morgan fingerprint density at radius 3 is 2.69 bits per heavy atom. The molecule has 1 fully saturated rings. The Morgan fingerprint density at radius 1 is 1.31 bits per heavy atom. The Morgan fingerprint density at radius 2 is 2.06 bits per heavy atom. The van der Waals surface area contributed by atoms with Gasteiger partial charge in [-0.1, -0.05) is 55.2 Å². The molecule has 16 heavy (non-hydrogen) atoms. The molecule has 0 N–H and O–H groups in total. The molecule has 3 heteroatoms. The summed E-state index contributed by atoms with van der Waals surface area (Å²) in [7, 11) is 0. The minimum Gasteiger partial charge on any atom is -0.0823 e. The van der Waals surface area contributed by atoms with E-state index in [1.165, 1.54) is 12.0 Å².